The molecule has 136 valence electrons. The van der Waals surface area contributed by atoms with Gasteiger partial charge in [-0.2, -0.15) is 0 Å². The molecule has 0 radical (unpaired) electrons. The molecular formula is C24H29NO. The van der Waals surface area contributed by atoms with Crippen LogP contribution in [0.1, 0.15) is 57.8 Å². The fraction of sp³-hybridized carbons (Fsp3) is 0.458. The van der Waals surface area contributed by atoms with Gasteiger partial charge in [0.1, 0.15) is 0 Å². The summed E-state index contributed by atoms with van der Waals surface area (Å²) in [5, 5.41) is 0. The van der Waals surface area contributed by atoms with E-state index in [2.05, 4.69) is 42.5 Å². The summed E-state index contributed by atoms with van der Waals surface area (Å²) in [4.78, 5) is 13.1. The van der Waals surface area contributed by atoms with Gasteiger partial charge in [0.2, 0.25) is 6.41 Å². The van der Waals surface area contributed by atoms with E-state index in [9.17, 15) is 4.79 Å². The van der Waals surface area contributed by atoms with Crippen molar-refractivity contribution < 1.29 is 4.79 Å². The standard InChI is InChI=1S/C24H29NO/c26-18-25-16-15-23-17-22(11-6-12-24(23)25)21-10-5-9-20(13-14-21)19-7-3-1-2-4-8-19/h5-6,9,11,13-14,17-19H,1-4,7-8,10,12,15-16H2. The Morgan fingerprint density at radius 2 is 1.77 bits per heavy atom. The number of hydrogen-bond donors (Lipinski definition) is 0. The van der Waals surface area contributed by atoms with E-state index in [1.807, 2.05) is 4.90 Å². The van der Waals surface area contributed by atoms with Crippen LogP contribution in [-0.2, 0) is 4.79 Å². The Labute approximate surface area is 157 Å². The summed E-state index contributed by atoms with van der Waals surface area (Å²) in [5.41, 5.74) is 6.74. The normalized spacial score (nSPS) is 24.3. The van der Waals surface area contributed by atoms with Crippen molar-refractivity contribution in [3.63, 3.8) is 0 Å². The van der Waals surface area contributed by atoms with Crippen LogP contribution < -0.4 is 0 Å². The average molecular weight is 348 g/mol. The van der Waals surface area contributed by atoms with Crippen molar-refractivity contribution in [1.29, 1.82) is 0 Å². The predicted molar refractivity (Wildman–Crippen MR) is 107 cm³/mol. The molecule has 0 spiro atoms. The van der Waals surface area contributed by atoms with Gasteiger partial charge in [0.15, 0.2) is 0 Å². The largest absolute Gasteiger partial charge is 0.318 e. The monoisotopic (exact) mass is 347 g/mol. The minimum absolute atomic E-state index is 0.744. The number of rotatable bonds is 3. The molecule has 0 bridgehead atoms. The van der Waals surface area contributed by atoms with Gasteiger partial charge in [-0.15, -0.1) is 0 Å². The molecule has 0 aromatic rings. The van der Waals surface area contributed by atoms with Gasteiger partial charge in [-0.25, -0.2) is 0 Å². The van der Waals surface area contributed by atoms with Gasteiger partial charge < -0.3 is 4.90 Å². The average Bonchev–Trinajstić information content (AvgIpc) is 2.95. The second-order valence-corrected chi connectivity index (χ2v) is 7.88. The second kappa shape index (κ2) is 8.07. The summed E-state index contributed by atoms with van der Waals surface area (Å²) in [6.45, 7) is 0.830. The van der Waals surface area contributed by atoms with Crippen molar-refractivity contribution in [3.8, 4) is 0 Å². The molecule has 1 amide bonds. The van der Waals surface area contributed by atoms with Crippen LogP contribution in [0.15, 0.2) is 70.5 Å². The topological polar surface area (TPSA) is 20.3 Å². The number of carbonyl (C=O) groups excluding carboxylic acids is 1. The highest BCUT2D eigenvalue weighted by molar-refractivity contribution is 5.58. The van der Waals surface area contributed by atoms with Gasteiger partial charge >= 0.3 is 0 Å². The summed E-state index contributed by atoms with van der Waals surface area (Å²) in [6.07, 6.45) is 28.3. The van der Waals surface area contributed by atoms with Gasteiger partial charge in [-0.05, 0) is 60.0 Å². The van der Waals surface area contributed by atoms with E-state index < -0.39 is 0 Å². The number of hydrogen-bond acceptors (Lipinski definition) is 1. The van der Waals surface area contributed by atoms with Gasteiger partial charge in [0.05, 0.1) is 0 Å². The van der Waals surface area contributed by atoms with E-state index >= 15 is 0 Å². The van der Waals surface area contributed by atoms with E-state index in [0.29, 0.717) is 0 Å². The van der Waals surface area contributed by atoms with Gasteiger partial charge in [-0.3, -0.25) is 4.79 Å². The van der Waals surface area contributed by atoms with E-state index in [0.717, 1.165) is 38.1 Å². The van der Waals surface area contributed by atoms with Crippen LogP contribution in [0.4, 0.5) is 0 Å². The maximum Gasteiger partial charge on any atom is 0.213 e. The third-order valence-electron chi connectivity index (χ3n) is 6.23. The molecule has 0 atom stereocenters. The molecule has 26 heavy (non-hydrogen) atoms. The maximum atomic E-state index is 11.2. The predicted octanol–water partition coefficient (Wildman–Crippen LogP) is 5.77. The zero-order chi connectivity index (χ0) is 17.8. The lowest BCUT2D eigenvalue weighted by Gasteiger charge is -2.14. The Morgan fingerprint density at radius 3 is 2.58 bits per heavy atom. The lowest BCUT2D eigenvalue weighted by atomic mass is 9.91. The fourth-order valence-corrected chi connectivity index (χ4v) is 4.70. The Kier molecular flexibility index (Phi) is 5.38. The maximum absolute atomic E-state index is 11.2. The summed E-state index contributed by atoms with van der Waals surface area (Å²) in [7, 11) is 0. The molecule has 3 aliphatic carbocycles. The minimum Gasteiger partial charge on any atom is -0.318 e. The van der Waals surface area contributed by atoms with Crippen LogP contribution in [0.25, 0.3) is 0 Å². The molecule has 1 heterocycles. The molecule has 4 rings (SSSR count). The molecule has 2 nitrogen and oxygen atoms in total. The summed E-state index contributed by atoms with van der Waals surface area (Å²) in [6, 6.07) is 0. The van der Waals surface area contributed by atoms with Crippen LogP contribution in [0, 0.1) is 5.92 Å². The highest BCUT2D eigenvalue weighted by atomic mass is 16.1. The quantitative estimate of drug-likeness (QED) is 0.468. The van der Waals surface area contributed by atoms with Gasteiger partial charge in [-0.1, -0.05) is 62.1 Å². The summed E-state index contributed by atoms with van der Waals surface area (Å²) < 4.78 is 0. The van der Waals surface area contributed by atoms with E-state index in [1.54, 1.807) is 0 Å². The minimum atomic E-state index is 0.744. The third-order valence-corrected chi connectivity index (χ3v) is 6.23. The van der Waals surface area contributed by atoms with Gasteiger partial charge in [0.25, 0.3) is 0 Å². The van der Waals surface area contributed by atoms with Crippen LogP contribution in [0.2, 0.25) is 0 Å². The molecule has 2 heteroatoms. The summed E-state index contributed by atoms with van der Waals surface area (Å²) in [5.74, 6) is 0.744. The van der Waals surface area contributed by atoms with Crippen molar-refractivity contribution in [2.45, 2.75) is 57.8 Å². The molecule has 0 aromatic heterocycles. The molecule has 1 fully saturated rings. The first-order valence-corrected chi connectivity index (χ1v) is 10.2. The molecule has 1 saturated carbocycles. The number of allylic oxidation sites excluding steroid dienone is 10. The lowest BCUT2D eigenvalue weighted by Crippen LogP contribution is -2.16. The SMILES string of the molecule is O=CN1CCC2=C1CC=CC(C1=CC=C(C3CCCCCC3)C=CC1)=C2. The van der Waals surface area contributed by atoms with E-state index in [1.165, 1.54) is 66.5 Å². The van der Waals surface area contributed by atoms with E-state index in [4.69, 9.17) is 0 Å². The smallest absolute Gasteiger partial charge is 0.213 e. The molecule has 1 aliphatic heterocycles. The Hall–Kier alpha value is -2.09. The number of nitrogens with zero attached hydrogens (tertiary/aromatic N) is 1. The molecular weight excluding hydrogens is 318 g/mol. The first kappa shape index (κ1) is 17.3. The zero-order valence-electron chi connectivity index (χ0n) is 15.6. The van der Waals surface area contributed by atoms with Crippen LogP contribution in [0.3, 0.4) is 0 Å². The zero-order valence-corrected chi connectivity index (χ0v) is 15.6. The Bertz CT molecular complexity index is 736. The lowest BCUT2D eigenvalue weighted by molar-refractivity contribution is -0.116. The Balaban J connectivity index is 1.58. The Morgan fingerprint density at radius 1 is 0.962 bits per heavy atom. The van der Waals surface area contributed by atoms with Crippen LogP contribution in [-0.4, -0.2) is 17.9 Å². The molecule has 4 aliphatic rings. The molecule has 0 unspecified atom stereocenters. The van der Waals surface area contributed by atoms with Crippen LogP contribution >= 0.6 is 0 Å². The second-order valence-electron chi connectivity index (χ2n) is 7.88. The van der Waals surface area contributed by atoms with Crippen molar-refractivity contribution in [2.24, 2.45) is 5.92 Å². The summed E-state index contributed by atoms with van der Waals surface area (Å²) >= 11 is 0. The van der Waals surface area contributed by atoms with Crippen molar-refractivity contribution in [2.75, 3.05) is 6.54 Å². The van der Waals surface area contributed by atoms with E-state index in [-0.39, 0.29) is 0 Å². The van der Waals surface area contributed by atoms with Crippen molar-refractivity contribution in [3.05, 3.63) is 70.5 Å². The third kappa shape index (κ3) is 3.70. The highest BCUT2D eigenvalue weighted by Crippen LogP contribution is 2.34. The van der Waals surface area contributed by atoms with Crippen molar-refractivity contribution in [1.82, 2.24) is 4.90 Å². The first-order valence-electron chi connectivity index (χ1n) is 10.2. The molecule has 0 aromatic carbocycles. The first-order chi connectivity index (χ1) is 12.8. The van der Waals surface area contributed by atoms with Gasteiger partial charge in [0, 0.05) is 18.7 Å². The highest BCUT2D eigenvalue weighted by Gasteiger charge is 2.22. The van der Waals surface area contributed by atoms with Crippen LogP contribution in [0.5, 0.6) is 0 Å². The van der Waals surface area contributed by atoms with Crippen molar-refractivity contribution >= 4 is 6.41 Å². The molecule has 0 N–H and O–H groups in total. The fourth-order valence-electron chi connectivity index (χ4n) is 4.70. The number of carbonyl (C=O) groups is 1. The molecule has 0 saturated heterocycles. The number of amides is 1.